The van der Waals surface area contributed by atoms with Crippen LogP contribution in [0.1, 0.15) is 41.2 Å². The third-order valence-electron chi connectivity index (χ3n) is 6.50. The molecule has 0 bridgehead atoms. The lowest BCUT2D eigenvalue weighted by molar-refractivity contribution is 0.0162. The highest BCUT2D eigenvalue weighted by Gasteiger charge is 2.26. The summed E-state index contributed by atoms with van der Waals surface area (Å²) in [6.07, 6.45) is 2.84. The highest BCUT2D eigenvalue weighted by molar-refractivity contribution is 7.89. The van der Waals surface area contributed by atoms with E-state index >= 15 is 0 Å². The molecule has 0 spiro atoms. The van der Waals surface area contributed by atoms with Crippen LogP contribution in [0.2, 0.25) is 5.02 Å². The molecule has 0 aromatic heterocycles. The van der Waals surface area contributed by atoms with Crippen LogP contribution in [0, 0.1) is 0 Å². The molecule has 2 aromatic carbocycles. The van der Waals surface area contributed by atoms with Gasteiger partial charge in [0.2, 0.25) is 10.0 Å². The van der Waals surface area contributed by atoms with Crippen LogP contribution in [0.5, 0.6) is 0 Å². The summed E-state index contributed by atoms with van der Waals surface area (Å²) in [5.41, 5.74) is 1.52. The molecule has 2 aliphatic heterocycles. The Balaban J connectivity index is 1.38. The van der Waals surface area contributed by atoms with Crippen LogP contribution < -0.4 is 5.32 Å². The number of morpholine rings is 1. The zero-order valence-electron chi connectivity index (χ0n) is 19.3. The lowest BCUT2D eigenvalue weighted by Gasteiger charge is -2.35. The Morgan fingerprint density at radius 1 is 0.971 bits per heavy atom. The largest absolute Gasteiger partial charge is 0.379 e. The third kappa shape index (κ3) is 6.05. The van der Waals surface area contributed by atoms with Crippen molar-refractivity contribution >= 4 is 27.4 Å². The van der Waals surface area contributed by atoms with Crippen LogP contribution in [0.3, 0.4) is 0 Å². The highest BCUT2D eigenvalue weighted by Crippen LogP contribution is 2.28. The van der Waals surface area contributed by atoms with E-state index in [4.69, 9.17) is 16.3 Å². The number of hydrogen-bond donors (Lipinski definition) is 1. The normalized spacial score (nSPS) is 19.1. The van der Waals surface area contributed by atoms with Crippen molar-refractivity contribution in [2.75, 3.05) is 52.5 Å². The monoisotopic (exact) mass is 505 g/mol. The van der Waals surface area contributed by atoms with Crippen LogP contribution in [0.4, 0.5) is 0 Å². The maximum Gasteiger partial charge on any atom is 0.243 e. The van der Waals surface area contributed by atoms with Crippen molar-refractivity contribution in [3.05, 3.63) is 64.7 Å². The Labute approximate surface area is 207 Å². The number of ketones is 1. The van der Waals surface area contributed by atoms with E-state index in [0.717, 1.165) is 37.9 Å². The molecule has 1 N–H and O–H groups in total. The molecule has 2 aliphatic rings. The molecule has 0 aliphatic carbocycles. The van der Waals surface area contributed by atoms with E-state index in [0.29, 0.717) is 43.4 Å². The predicted octanol–water partition coefficient (Wildman–Crippen LogP) is 3.36. The van der Waals surface area contributed by atoms with Gasteiger partial charge in [0.1, 0.15) is 0 Å². The number of hydrogen-bond acceptors (Lipinski definition) is 6. The quantitative estimate of drug-likeness (QED) is 0.526. The summed E-state index contributed by atoms with van der Waals surface area (Å²) >= 11 is 6.48. The third-order valence-corrected chi connectivity index (χ3v) is 8.76. The van der Waals surface area contributed by atoms with Gasteiger partial charge in [0, 0.05) is 49.4 Å². The Bertz CT molecular complexity index is 1070. The fraction of sp³-hybridized carbons (Fsp3) is 0.480. The summed E-state index contributed by atoms with van der Waals surface area (Å²) in [4.78, 5) is 15.3. The van der Waals surface area contributed by atoms with Gasteiger partial charge >= 0.3 is 0 Å². The van der Waals surface area contributed by atoms with Gasteiger partial charge < -0.3 is 10.1 Å². The second kappa shape index (κ2) is 11.7. The SMILES string of the molecule is O=C(CNCC(c1ccccc1Cl)N1CCOCC1)c1ccc(S(=O)(=O)N2CCCCC2)cc1. The van der Waals surface area contributed by atoms with Crippen LogP contribution in [0.25, 0.3) is 0 Å². The van der Waals surface area contributed by atoms with Gasteiger partial charge in [0.15, 0.2) is 5.78 Å². The van der Waals surface area contributed by atoms with Gasteiger partial charge in [-0.15, -0.1) is 0 Å². The number of ether oxygens (including phenoxy) is 1. The van der Waals surface area contributed by atoms with Crippen LogP contribution >= 0.6 is 11.6 Å². The van der Waals surface area contributed by atoms with Crippen molar-refractivity contribution < 1.29 is 17.9 Å². The summed E-state index contributed by atoms with van der Waals surface area (Å²) in [6.45, 7) is 4.79. The smallest absolute Gasteiger partial charge is 0.243 e. The molecular weight excluding hydrogens is 474 g/mol. The lowest BCUT2D eigenvalue weighted by atomic mass is 10.0. The molecule has 2 fully saturated rings. The highest BCUT2D eigenvalue weighted by atomic mass is 35.5. The van der Waals surface area contributed by atoms with Crippen molar-refractivity contribution in [3.8, 4) is 0 Å². The minimum Gasteiger partial charge on any atom is -0.379 e. The number of nitrogens with one attached hydrogen (secondary N) is 1. The topological polar surface area (TPSA) is 79.0 Å². The van der Waals surface area contributed by atoms with Crippen LogP contribution in [-0.4, -0.2) is 75.9 Å². The molecule has 0 amide bonds. The summed E-state index contributed by atoms with van der Waals surface area (Å²) in [7, 11) is -3.50. The maximum atomic E-state index is 12.8. The number of halogens is 1. The van der Waals surface area contributed by atoms with Crippen molar-refractivity contribution in [2.24, 2.45) is 0 Å². The van der Waals surface area contributed by atoms with Gasteiger partial charge in [0.05, 0.1) is 24.7 Å². The van der Waals surface area contributed by atoms with E-state index in [1.807, 2.05) is 24.3 Å². The number of piperidine rings is 1. The molecule has 0 saturated carbocycles. The maximum absolute atomic E-state index is 12.8. The van der Waals surface area contributed by atoms with Gasteiger partial charge in [-0.25, -0.2) is 8.42 Å². The number of Topliss-reactive ketones (excluding diaryl/α,β-unsaturated/α-hetero) is 1. The first-order valence-corrected chi connectivity index (χ1v) is 13.7. The van der Waals surface area contributed by atoms with E-state index < -0.39 is 10.0 Å². The Morgan fingerprint density at radius 3 is 2.32 bits per heavy atom. The molecule has 34 heavy (non-hydrogen) atoms. The van der Waals surface area contributed by atoms with Crippen molar-refractivity contribution in [3.63, 3.8) is 0 Å². The Morgan fingerprint density at radius 2 is 1.65 bits per heavy atom. The van der Waals surface area contributed by atoms with Crippen molar-refractivity contribution in [1.29, 1.82) is 0 Å². The molecule has 1 unspecified atom stereocenters. The lowest BCUT2D eigenvalue weighted by Crippen LogP contribution is -2.43. The minimum atomic E-state index is -3.50. The first kappa shape index (κ1) is 25.3. The van der Waals surface area contributed by atoms with Gasteiger partial charge in [0.25, 0.3) is 0 Å². The van der Waals surface area contributed by atoms with Gasteiger partial charge in [-0.05, 0) is 36.6 Å². The van der Waals surface area contributed by atoms with Crippen LogP contribution in [0.15, 0.2) is 53.4 Å². The van der Waals surface area contributed by atoms with E-state index in [9.17, 15) is 13.2 Å². The fourth-order valence-corrected chi connectivity index (χ4v) is 6.34. The van der Waals surface area contributed by atoms with Crippen LogP contribution in [-0.2, 0) is 14.8 Å². The van der Waals surface area contributed by atoms with E-state index in [1.54, 1.807) is 12.1 Å². The molecule has 4 rings (SSSR count). The minimum absolute atomic E-state index is 0.0301. The summed E-state index contributed by atoms with van der Waals surface area (Å²) in [6, 6.07) is 14.1. The molecule has 2 saturated heterocycles. The second-order valence-electron chi connectivity index (χ2n) is 8.73. The molecular formula is C25H32ClN3O4S. The molecule has 2 heterocycles. The second-order valence-corrected chi connectivity index (χ2v) is 11.1. The average Bonchev–Trinajstić information content (AvgIpc) is 2.88. The number of rotatable bonds is 9. The van der Waals surface area contributed by atoms with Gasteiger partial charge in [-0.2, -0.15) is 4.31 Å². The summed E-state index contributed by atoms with van der Waals surface area (Å²) in [5.74, 6) is -0.0817. The Kier molecular flexibility index (Phi) is 8.74. The zero-order valence-corrected chi connectivity index (χ0v) is 20.9. The first-order chi connectivity index (χ1) is 16.5. The Hall–Kier alpha value is -1.81. The number of carbonyl (C=O) groups excluding carboxylic acids is 1. The molecule has 9 heteroatoms. The van der Waals surface area contributed by atoms with E-state index in [2.05, 4.69) is 10.2 Å². The van der Waals surface area contributed by atoms with Crippen molar-refractivity contribution in [2.45, 2.75) is 30.2 Å². The standard InChI is InChI=1S/C25H32ClN3O4S/c26-23-7-3-2-6-22(23)24(28-14-16-33-17-15-28)18-27-19-25(30)20-8-10-21(11-9-20)34(31,32)29-12-4-1-5-13-29/h2-3,6-11,24,27H,1,4-5,12-19H2. The van der Waals surface area contributed by atoms with Crippen molar-refractivity contribution in [1.82, 2.24) is 14.5 Å². The molecule has 0 radical (unpaired) electrons. The summed E-state index contributed by atoms with van der Waals surface area (Å²) in [5, 5.41) is 3.99. The molecule has 7 nitrogen and oxygen atoms in total. The number of carbonyl (C=O) groups is 1. The number of nitrogens with zero attached hydrogens (tertiary/aromatic N) is 2. The average molecular weight is 506 g/mol. The number of benzene rings is 2. The zero-order chi connectivity index (χ0) is 24.0. The van der Waals surface area contributed by atoms with Gasteiger partial charge in [-0.1, -0.05) is 48.4 Å². The number of sulfonamides is 1. The first-order valence-electron chi connectivity index (χ1n) is 11.9. The summed E-state index contributed by atoms with van der Waals surface area (Å²) < 4.78 is 32.7. The van der Waals surface area contributed by atoms with E-state index in [1.165, 1.54) is 16.4 Å². The molecule has 184 valence electrons. The fourth-order valence-electron chi connectivity index (χ4n) is 4.56. The van der Waals surface area contributed by atoms with Gasteiger partial charge in [-0.3, -0.25) is 9.69 Å². The molecule has 1 atom stereocenters. The predicted molar refractivity (Wildman–Crippen MR) is 133 cm³/mol. The molecule has 2 aromatic rings. The van der Waals surface area contributed by atoms with E-state index in [-0.39, 0.29) is 23.3 Å².